The first-order valence-corrected chi connectivity index (χ1v) is 15.7. The number of nitrogens with zero attached hydrogens (tertiary/aromatic N) is 2. The van der Waals surface area contributed by atoms with Crippen LogP contribution >= 0.6 is 23.1 Å². The van der Waals surface area contributed by atoms with Gasteiger partial charge in [-0.15, -0.1) is 0 Å². The molecule has 2 aliphatic heterocycles. The number of phenolic OH excluding ortho intramolecular Hbond substituents is 1. The summed E-state index contributed by atoms with van der Waals surface area (Å²) in [6.45, 7) is 1.59. The van der Waals surface area contributed by atoms with Gasteiger partial charge in [0, 0.05) is 22.0 Å². The number of benzene rings is 3. The average Bonchev–Trinajstić information content (AvgIpc) is 3.48. The van der Waals surface area contributed by atoms with E-state index in [1.54, 1.807) is 31.2 Å². The number of imide groups is 1. The van der Waals surface area contributed by atoms with E-state index in [1.165, 1.54) is 60.2 Å². The zero-order valence-electron chi connectivity index (χ0n) is 24.1. The van der Waals surface area contributed by atoms with Crippen LogP contribution in [0.15, 0.2) is 82.6 Å². The molecule has 1 aromatic heterocycles. The molecule has 6 rings (SSSR count). The fourth-order valence-electron chi connectivity index (χ4n) is 5.62. The van der Waals surface area contributed by atoms with E-state index in [4.69, 9.17) is 9.47 Å². The summed E-state index contributed by atoms with van der Waals surface area (Å²) in [5.74, 6) is -2.94. The van der Waals surface area contributed by atoms with E-state index in [-0.39, 0.29) is 24.5 Å². The smallest absolute Gasteiger partial charge is 0.338 e. The van der Waals surface area contributed by atoms with Gasteiger partial charge in [0.2, 0.25) is 17.7 Å². The van der Waals surface area contributed by atoms with Crippen molar-refractivity contribution in [2.24, 2.45) is 5.92 Å². The molecule has 0 aliphatic carbocycles. The Morgan fingerprint density at radius 2 is 1.67 bits per heavy atom. The number of anilines is 2. The van der Waals surface area contributed by atoms with E-state index >= 15 is 0 Å². The minimum Gasteiger partial charge on any atom is -0.508 e. The number of para-hydroxylation sites is 1. The summed E-state index contributed by atoms with van der Waals surface area (Å²) in [5, 5.41) is 11.8. The van der Waals surface area contributed by atoms with Gasteiger partial charge in [-0.05, 0) is 61.5 Å². The highest BCUT2D eigenvalue weighted by atomic mass is 32.2. The number of amides is 3. The van der Waals surface area contributed by atoms with Gasteiger partial charge in [0.15, 0.2) is 0 Å². The van der Waals surface area contributed by atoms with Crippen LogP contribution in [0.2, 0.25) is 0 Å². The van der Waals surface area contributed by atoms with Gasteiger partial charge in [0.05, 0.1) is 35.9 Å². The maximum Gasteiger partial charge on any atom is 0.338 e. The SMILES string of the molecule is CCOC(=O)c1ccc(N2C(=O)C3Sc4c(sc(=O)n4CC(=O)Nc4ccc(O)cc4)[C@H](c4ccccc4OC)C3C2=O)cc1. The van der Waals surface area contributed by atoms with Crippen LogP contribution in [0.4, 0.5) is 11.4 Å². The molecule has 1 saturated heterocycles. The number of hydrogen-bond donors (Lipinski definition) is 2. The molecule has 0 saturated carbocycles. The highest BCUT2D eigenvalue weighted by Gasteiger charge is 2.57. The first kappa shape index (κ1) is 30.2. The Kier molecular flexibility index (Phi) is 8.21. The minimum atomic E-state index is -0.898. The second kappa shape index (κ2) is 12.3. The third kappa shape index (κ3) is 5.49. The molecule has 1 fully saturated rings. The molecule has 0 radical (unpaired) electrons. The van der Waals surface area contributed by atoms with Crippen LogP contribution < -0.4 is 19.8 Å². The van der Waals surface area contributed by atoms with E-state index in [1.807, 2.05) is 0 Å². The maximum absolute atomic E-state index is 14.2. The molecule has 230 valence electrons. The number of esters is 1. The Bertz CT molecular complexity index is 1870. The summed E-state index contributed by atoms with van der Waals surface area (Å²) >= 11 is 2.03. The fourth-order valence-corrected chi connectivity index (χ4v) is 8.38. The van der Waals surface area contributed by atoms with Crippen LogP contribution in [0.1, 0.15) is 33.6 Å². The Morgan fingerprint density at radius 1 is 0.956 bits per heavy atom. The van der Waals surface area contributed by atoms with Crippen LogP contribution in [0.3, 0.4) is 0 Å². The molecule has 4 aromatic rings. The summed E-state index contributed by atoms with van der Waals surface area (Å²) in [5.41, 5.74) is 1.67. The van der Waals surface area contributed by atoms with Crippen LogP contribution in [0.25, 0.3) is 0 Å². The van der Waals surface area contributed by atoms with E-state index in [9.17, 15) is 29.1 Å². The molecular weight excluding hydrogens is 618 g/mol. The van der Waals surface area contributed by atoms with Gasteiger partial charge >= 0.3 is 10.8 Å². The molecule has 3 atom stereocenters. The van der Waals surface area contributed by atoms with Crippen molar-refractivity contribution in [3.8, 4) is 11.5 Å². The van der Waals surface area contributed by atoms with Gasteiger partial charge in [-0.3, -0.25) is 23.7 Å². The lowest BCUT2D eigenvalue weighted by Crippen LogP contribution is -2.33. The number of nitrogens with one attached hydrogen (secondary N) is 1. The van der Waals surface area contributed by atoms with Crippen molar-refractivity contribution < 1.29 is 33.8 Å². The molecule has 45 heavy (non-hydrogen) atoms. The van der Waals surface area contributed by atoms with Crippen molar-refractivity contribution in [2.75, 3.05) is 23.9 Å². The first-order chi connectivity index (χ1) is 21.7. The topological polar surface area (TPSA) is 144 Å². The van der Waals surface area contributed by atoms with Crippen LogP contribution in [0, 0.1) is 5.92 Å². The average molecular weight is 646 g/mol. The van der Waals surface area contributed by atoms with Crippen LogP contribution in [-0.2, 0) is 25.7 Å². The largest absolute Gasteiger partial charge is 0.508 e. The molecule has 0 bridgehead atoms. The Balaban J connectivity index is 1.39. The number of carbonyl (C=O) groups excluding carboxylic acids is 4. The lowest BCUT2D eigenvalue weighted by molar-refractivity contribution is -0.122. The molecule has 3 aromatic carbocycles. The van der Waals surface area contributed by atoms with Gasteiger partial charge < -0.3 is 19.9 Å². The maximum atomic E-state index is 14.2. The predicted molar refractivity (Wildman–Crippen MR) is 168 cm³/mol. The lowest BCUT2D eigenvalue weighted by Gasteiger charge is -2.31. The second-order valence-electron chi connectivity index (χ2n) is 10.3. The third-order valence-corrected chi connectivity index (χ3v) is 10.2. The number of methoxy groups -OCH3 is 1. The highest BCUT2D eigenvalue weighted by molar-refractivity contribution is 8.00. The summed E-state index contributed by atoms with van der Waals surface area (Å²) < 4.78 is 12.0. The van der Waals surface area contributed by atoms with E-state index in [0.29, 0.717) is 32.6 Å². The van der Waals surface area contributed by atoms with E-state index in [0.717, 1.165) is 28.0 Å². The van der Waals surface area contributed by atoms with Gasteiger partial charge in [-0.1, -0.05) is 41.3 Å². The van der Waals surface area contributed by atoms with Crippen molar-refractivity contribution in [1.82, 2.24) is 4.57 Å². The van der Waals surface area contributed by atoms with Crippen molar-refractivity contribution in [2.45, 2.75) is 29.7 Å². The first-order valence-electron chi connectivity index (χ1n) is 14.0. The zero-order valence-corrected chi connectivity index (χ0v) is 25.7. The summed E-state index contributed by atoms with van der Waals surface area (Å²) in [6.07, 6.45) is 0. The molecule has 3 heterocycles. The third-order valence-electron chi connectivity index (χ3n) is 7.61. The van der Waals surface area contributed by atoms with Crippen molar-refractivity contribution in [3.63, 3.8) is 0 Å². The van der Waals surface area contributed by atoms with Crippen molar-refractivity contribution in [1.29, 1.82) is 0 Å². The predicted octanol–water partition coefficient (Wildman–Crippen LogP) is 4.24. The van der Waals surface area contributed by atoms with Gasteiger partial charge in [-0.2, -0.15) is 0 Å². The number of aromatic hydroxyl groups is 1. The normalized spacial score (nSPS) is 18.7. The second-order valence-corrected chi connectivity index (χ2v) is 12.4. The van der Waals surface area contributed by atoms with E-state index < -0.39 is 45.6 Å². The molecule has 2 unspecified atom stereocenters. The highest BCUT2D eigenvalue weighted by Crippen LogP contribution is 2.55. The number of phenols is 1. The number of ether oxygens (including phenoxy) is 2. The van der Waals surface area contributed by atoms with Crippen molar-refractivity contribution in [3.05, 3.63) is 98.5 Å². The molecule has 3 amide bonds. The standard InChI is InChI=1S/C32H27N3O8S2/c1-3-43-31(40)17-8-12-19(13-9-17)35-28(38)25-24(21-6-4-5-7-22(21)42-2)27-30(44-26(25)29(35)39)34(32(41)45-27)16-23(37)33-18-10-14-20(36)15-11-18/h4-15,24-26,36H,3,16H2,1-2H3,(H,33,37)/t24-,25?,26?/m1/s1. The zero-order chi connectivity index (χ0) is 31.8. The number of carbonyl (C=O) groups is 4. The molecular formula is C32H27N3O8S2. The summed E-state index contributed by atoms with van der Waals surface area (Å²) in [7, 11) is 1.51. The quantitative estimate of drug-likeness (QED) is 0.163. The number of thioether (sulfide) groups is 1. The van der Waals surface area contributed by atoms with Gasteiger partial charge in [0.1, 0.15) is 23.3 Å². The summed E-state index contributed by atoms with van der Waals surface area (Å²) in [4.78, 5) is 68.0. The minimum absolute atomic E-state index is 0.0456. The van der Waals surface area contributed by atoms with Crippen molar-refractivity contribution >= 4 is 58.2 Å². The number of fused-ring (bicyclic) bond motifs is 2. The molecule has 0 spiro atoms. The van der Waals surface area contributed by atoms with Crippen LogP contribution in [-0.4, -0.2) is 52.3 Å². The lowest BCUT2D eigenvalue weighted by atomic mass is 9.82. The summed E-state index contributed by atoms with van der Waals surface area (Å²) in [6, 6.07) is 19.1. The Hall–Kier alpha value is -4.88. The monoisotopic (exact) mass is 645 g/mol. The number of thiazole rings is 1. The van der Waals surface area contributed by atoms with Gasteiger partial charge in [0.25, 0.3) is 0 Å². The Morgan fingerprint density at radius 3 is 2.36 bits per heavy atom. The molecule has 13 heteroatoms. The molecule has 2 aliphatic rings. The molecule has 11 nitrogen and oxygen atoms in total. The Labute approximate surface area is 265 Å². The van der Waals surface area contributed by atoms with Gasteiger partial charge in [-0.25, -0.2) is 9.69 Å². The van der Waals surface area contributed by atoms with Crippen LogP contribution in [0.5, 0.6) is 11.5 Å². The van der Waals surface area contributed by atoms with E-state index in [2.05, 4.69) is 5.32 Å². The number of rotatable bonds is 8. The number of hydrogen-bond acceptors (Lipinski definition) is 10. The number of aromatic nitrogens is 1. The molecule has 2 N–H and O–H groups in total. The fraction of sp³-hybridized carbons (Fsp3) is 0.219.